The Morgan fingerprint density at radius 2 is 1.93 bits per heavy atom. The van der Waals surface area contributed by atoms with E-state index in [2.05, 4.69) is 4.99 Å². The van der Waals surface area contributed by atoms with Gasteiger partial charge >= 0.3 is 0 Å². The minimum absolute atomic E-state index is 0.0594. The molecule has 1 aromatic carbocycles. The standard InChI is InChI=1S/C12H17N3/c1-9(14)10-3-5-11(6-4-10)12(7-13)8-15-2/h3-9H,13-14H2,1-2H3/b12-7+,15-8?. The Labute approximate surface area is 90.5 Å². The van der Waals surface area contributed by atoms with Crippen molar-refractivity contribution in [3.63, 3.8) is 0 Å². The third-order valence-electron chi connectivity index (χ3n) is 2.22. The summed E-state index contributed by atoms with van der Waals surface area (Å²) in [7, 11) is 1.72. The van der Waals surface area contributed by atoms with Gasteiger partial charge in [-0.15, -0.1) is 0 Å². The first-order chi connectivity index (χ1) is 7.19. The molecule has 1 unspecified atom stereocenters. The fourth-order valence-corrected chi connectivity index (χ4v) is 1.33. The van der Waals surface area contributed by atoms with Crippen LogP contribution in [0.15, 0.2) is 35.5 Å². The van der Waals surface area contributed by atoms with Gasteiger partial charge in [0.25, 0.3) is 0 Å². The van der Waals surface area contributed by atoms with E-state index in [-0.39, 0.29) is 6.04 Å². The van der Waals surface area contributed by atoms with Gasteiger partial charge in [-0.05, 0) is 18.1 Å². The Morgan fingerprint density at radius 1 is 1.33 bits per heavy atom. The topological polar surface area (TPSA) is 64.4 Å². The summed E-state index contributed by atoms with van der Waals surface area (Å²) in [4.78, 5) is 3.94. The van der Waals surface area contributed by atoms with Crippen molar-refractivity contribution in [2.45, 2.75) is 13.0 Å². The third-order valence-corrected chi connectivity index (χ3v) is 2.22. The number of aliphatic imine (C=N–C) groups is 1. The van der Waals surface area contributed by atoms with Gasteiger partial charge in [-0.25, -0.2) is 0 Å². The van der Waals surface area contributed by atoms with Crippen LogP contribution in [-0.2, 0) is 0 Å². The second-order valence-electron chi connectivity index (χ2n) is 3.42. The summed E-state index contributed by atoms with van der Waals surface area (Å²) in [5.74, 6) is 0. The Kier molecular flexibility index (Phi) is 4.06. The average Bonchev–Trinajstić information content (AvgIpc) is 2.26. The molecule has 0 heterocycles. The summed E-state index contributed by atoms with van der Waals surface area (Å²) < 4.78 is 0. The van der Waals surface area contributed by atoms with E-state index in [0.717, 1.165) is 16.7 Å². The van der Waals surface area contributed by atoms with Crippen molar-refractivity contribution in [1.29, 1.82) is 0 Å². The van der Waals surface area contributed by atoms with Gasteiger partial charge in [0.15, 0.2) is 0 Å². The quantitative estimate of drug-likeness (QED) is 0.734. The molecule has 1 atom stereocenters. The van der Waals surface area contributed by atoms with E-state index in [1.807, 2.05) is 31.2 Å². The highest BCUT2D eigenvalue weighted by Gasteiger charge is 2.01. The molecule has 1 rings (SSSR count). The van der Waals surface area contributed by atoms with Crippen molar-refractivity contribution in [2.75, 3.05) is 7.05 Å². The zero-order valence-corrected chi connectivity index (χ0v) is 9.14. The molecule has 1 aromatic rings. The molecule has 0 aliphatic heterocycles. The lowest BCUT2D eigenvalue weighted by Gasteiger charge is -2.07. The molecular weight excluding hydrogens is 186 g/mol. The van der Waals surface area contributed by atoms with Crippen LogP contribution in [0.3, 0.4) is 0 Å². The van der Waals surface area contributed by atoms with Gasteiger partial charge in [-0.1, -0.05) is 24.3 Å². The molecule has 3 nitrogen and oxygen atoms in total. The molecule has 0 saturated heterocycles. The minimum Gasteiger partial charge on any atom is -0.404 e. The Bertz CT molecular complexity index is 361. The zero-order chi connectivity index (χ0) is 11.3. The lowest BCUT2D eigenvalue weighted by atomic mass is 10.0. The summed E-state index contributed by atoms with van der Waals surface area (Å²) in [6.45, 7) is 1.96. The first-order valence-corrected chi connectivity index (χ1v) is 4.89. The Balaban J connectivity index is 2.97. The molecule has 0 amide bonds. The van der Waals surface area contributed by atoms with Crippen molar-refractivity contribution >= 4 is 11.8 Å². The highest BCUT2D eigenvalue weighted by atomic mass is 14.6. The number of allylic oxidation sites excluding steroid dienone is 1. The zero-order valence-electron chi connectivity index (χ0n) is 9.14. The molecule has 0 bridgehead atoms. The minimum atomic E-state index is 0.0594. The smallest absolute Gasteiger partial charge is 0.0301 e. The maximum Gasteiger partial charge on any atom is 0.0301 e. The van der Waals surface area contributed by atoms with Crippen LogP contribution in [-0.4, -0.2) is 13.3 Å². The fourth-order valence-electron chi connectivity index (χ4n) is 1.33. The number of nitrogens with zero attached hydrogens (tertiary/aromatic N) is 1. The van der Waals surface area contributed by atoms with E-state index in [1.165, 1.54) is 0 Å². The molecular formula is C12H17N3. The lowest BCUT2D eigenvalue weighted by molar-refractivity contribution is 0.818. The second-order valence-corrected chi connectivity index (χ2v) is 3.42. The largest absolute Gasteiger partial charge is 0.404 e. The van der Waals surface area contributed by atoms with Crippen molar-refractivity contribution in [3.05, 3.63) is 41.6 Å². The highest BCUT2D eigenvalue weighted by Crippen LogP contribution is 2.15. The van der Waals surface area contributed by atoms with Crippen molar-refractivity contribution in [3.8, 4) is 0 Å². The molecule has 0 radical (unpaired) electrons. The van der Waals surface area contributed by atoms with Crippen LogP contribution in [0.5, 0.6) is 0 Å². The molecule has 3 heteroatoms. The van der Waals surface area contributed by atoms with Gasteiger partial charge in [0.05, 0.1) is 0 Å². The first-order valence-electron chi connectivity index (χ1n) is 4.89. The second kappa shape index (κ2) is 5.32. The predicted molar refractivity (Wildman–Crippen MR) is 65.6 cm³/mol. The molecule has 80 valence electrons. The third kappa shape index (κ3) is 2.92. The van der Waals surface area contributed by atoms with Gasteiger partial charge in [0.2, 0.25) is 0 Å². The van der Waals surface area contributed by atoms with Crippen LogP contribution in [0.2, 0.25) is 0 Å². The van der Waals surface area contributed by atoms with E-state index in [4.69, 9.17) is 11.5 Å². The molecule has 0 aliphatic rings. The van der Waals surface area contributed by atoms with Crippen LogP contribution >= 0.6 is 0 Å². The van der Waals surface area contributed by atoms with E-state index >= 15 is 0 Å². The highest BCUT2D eigenvalue weighted by molar-refractivity contribution is 6.09. The van der Waals surface area contributed by atoms with Gasteiger partial charge in [-0.2, -0.15) is 0 Å². The van der Waals surface area contributed by atoms with Gasteiger partial charge in [0, 0.05) is 31.1 Å². The monoisotopic (exact) mass is 203 g/mol. The van der Waals surface area contributed by atoms with Gasteiger partial charge in [-0.3, -0.25) is 4.99 Å². The van der Waals surface area contributed by atoms with E-state index < -0.39 is 0 Å². The molecule has 0 spiro atoms. The van der Waals surface area contributed by atoms with Crippen molar-refractivity contribution in [1.82, 2.24) is 0 Å². The Morgan fingerprint density at radius 3 is 2.33 bits per heavy atom. The van der Waals surface area contributed by atoms with Crippen LogP contribution < -0.4 is 11.5 Å². The van der Waals surface area contributed by atoms with Crippen LogP contribution in [0.4, 0.5) is 0 Å². The van der Waals surface area contributed by atoms with Gasteiger partial charge in [0.1, 0.15) is 0 Å². The first kappa shape index (κ1) is 11.5. The maximum atomic E-state index is 5.77. The SMILES string of the molecule is CN=C/C(=C\N)c1ccc(C(C)N)cc1. The number of hydrogen-bond donors (Lipinski definition) is 2. The number of hydrogen-bond acceptors (Lipinski definition) is 3. The van der Waals surface area contributed by atoms with Crippen molar-refractivity contribution in [2.24, 2.45) is 16.5 Å². The van der Waals surface area contributed by atoms with E-state index in [0.29, 0.717) is 0 Å². The average molecular weight is 203 g/mol. The summed E-state index contributed by atoms with van der Waals surface area (Å²) >= 11 is 0. The number of benzene rings is 1. The maximum absolute atomic E-state index is 5.77. The van der Waals surface area contributed by atoms with Crippen molar-refractivity contribution < 1.29 is 0 Å². The number of nitrogens with two attached hydrogens (primary N) is 2. The summed E-state index contributed by atoms with van der Waals surface area (Å²) in [6, 6.07) is 8.07. The molecule has 0 aromatic heterocycles. The fraction of sp³-hybridized carbons (Fsp3) is 0.250. The Hall–Kier alpha value is -1.61. The predicted octanol–water partition coefficient (Wildman–Crippen LogP) is 1.71. The summed E-state index contributed by atoms with van der Waals surface area (Å²) in [5.41, 5.74) is 14.4. The number of rotatable bonds is 3. The van der Waals surface area contributed by atoms with Crippen LogP contribution in [0, 0.1) is 0 Å². The summed E-state index contributed by atoms with van der Waals surface area (Å²) in [5, 5.41) is 0. The normalized spacial score (nSPS) is 14.5. The molecule has 15 heavy (non-hydrogen) atoms. The molecule has 0 fully saturated rings. The molecule has 4 N–H and O–H groups in total. The van der Waals surface area contributed by atoms with Crippen LogP contribution in [0.25, 0.3) is 5.57 Å². The summed E-state index contributed by atoms with van der Waals surface area (Å²) in [6.07, 6.45) is 3.29. The molecule has 0 saturated carbocycles. The van der Waals surface area contributed by atoms with Gasteiger partial charge < -0.3 is 11.5 Å². The van der Waals surface area contributed by atoms with E-state index in [1.54, 1.807) is 19.5 Å². The lowest BCUT2D eigenvalue weighted by Crippen LogP contribution is -2.04. The van der Waals surface area contributed by atoms with E-state index in [9.17, 15) is 0 Å². The molecule has 0 aliphatic carbocycles. The van der Waals surface area contributed by atoms with Crippen LogP contribution in [0.1, 0.15) is 24.1 Å².